The Morgan fingerprint density at radius 3 is 2.37 bits per heavy atom. The zero-order valence-corrected chi connectivity index (χ0v) is 12.7. The van der Waals surface area contributed by atoms with Crippen molar-refractivity contribution in [2.45, 2.75) is 20.4 Å². The first kappa shape index (κ1) is 14.1. The number of hydrogen-bond donors (Lipinski definition) is 0. The van der Waals surface area contributed by atoms with Gasteiger partial charge in [0.25, 0.3) is 0 Å². The van der Waals surface area contributed by atoms with E-state index < -0.39 is 0 Å². The van der Waals surface area contributed by atoms with Gasteiger partial charge in [-0.3, -0.25) is 0 Å². The van der Waals surface area contributed by atoms with Crippen molar-refractivity contribution in [3.05, 3.63) is 63.9 Å². The molecule has 100 valence electrons. The molecule has 2 aromatic rings. The van der Waals surface area contributed by atoms with Gasteiger partial charge >= 0.3 is 0 Å². The molecule has 0 fully saturated rings. The van der Waals surface area contributed by atoms with Gasteiger partial charge in [-0.05, 0) is 59.6 Å². The zero-order chi connectivity index (χ0) is 13.8. The summed E-state index contributed by atoms with van der Waals surface area (Å²) in [5.41, 5.74) is 3.54. The van der Waals surface area contributed by atoms with Gasteiger partial charge in [-0.25, -0.2) is 4.39 Å². The lowest BCUT2D eigenvalue weighted by Crippen LogP contribution is -2.21. The average molecular weight is 322 g/mol. The summed E-state index contributed by atoms with van der Waals surface area (Å²) >= 11 is 3.23. The van der Waals surface area contributed by atoms with Gasteiger partial charge in [0, 0.05) is 18.8 Å². The first-order valence-corrected chi connectivity index (χ1v) is 7.15. The van der Waals surface area contributed by atoms with E-state index in [0.29, 0.717) is 4.47 Å². The van der Waals surface area contributed by atoms with Crippen molar-refractivity contribution in [3.8, 4) is 0 Å². The molecule has 19 heavy (non-hydrogen) atoms. The van der Waals surface area contributed by atoms with Crippen LogP contribution >= 0.6 is 15.9 Å². The summed E-state index contributed by atoms with van der Waals surface area (Å²) in [5.74, 6) is -0.220. The van der Waals surface area contributed by atoms with E-state index in [4.69, 9.17) is 0 Å². The van der Waals surface area contributed by atoms with Gasteiger partial charge in [-0.1, -0.05) is 23.8 Å². The Bertz CT molecular complexity index is 551. The summed E-state index contributed by atoms with van der Waals surface area (Å²) in [6.45, 7) is 5.89. The molecule has 0 heterocycles. The molecule has 0 radical (unpaired) electrons. The third-order valence-electron chi connectivity index (χ3n) is 3.14. The molecule has 3 heteroatoms. The molecule has 0 aromatic heterocycles. The van der Waals surface area contributed by atoms with Gasteiger partial charge in [0.1, 0.15) is 5.82 Å². The molecule has 0 saturated heterocycles. The van der Waals surface area contributed by atoms with E-state index in [0.717, 1.165) is 18.7 Å². The number of anilines is 1. The van der Waals surface area contributed by atoms with Gasteiger partial charge in [-0.15, -0.1) is 0 Å². The molecule has 2 rings (SSSR count). The molecule has 0 amide bonds. The van der Waals surface area contributed by atoms with Crippen LogP contribution in [0.2, 0.25) is 0 Å². The van der Waals surface area contributed by atoms with E-state index in [2.05, 4.69) is 58.9 Å². The fourth-order valence-corrected chi connectivity index (χ4v) is 2.43. The number of benzene rings is 2. The van der Waals surface area contributed by atoms with E-state index >= 15 is 0 Å². The SMILES string of the molecule is CCN(Cc1ccc(F)c(Br)c1)c1ccc(C)cc1. The molecule has 0 atom stereocenters. The van der Waals surface area contributed by atoms with Crippen LogP contribution < -0.4 is 4.90 Å². The first-order chi connectivity index (χ1) is 9.10. The van der Waals surface area contributed by atoms with Crippen LogP contribution in [0.3, 0.4) is 0 Å². The summed E-state index contributed by atoms with van der Waals surface area (Å²) in [7, 11) is 0. The maximum atomic E-state index is 13.2. The van der Waals surface area contributed by atoms with E-state index in [1.54, 1.807) is 0 Å². The van der Waals surface area contributed by atoms with Crippen LogP contribution in [0, 0.1) is 12.7 Å². The smallest absolute Gasteiger partial charge is 0.137 e. The minimum Gasteiger partial charge on any atom is -0.367 e. The van der Waals surface area contributed by atoms with Crippen molar-refractivity contribution < 1.29 is 4.39 Å². The second-order valence-electron chi connectivity index (χ2n) is 4.60. The van der Waals surface area contributed by atoms with Crippen molar-refractivity contribution in [2.24, 2.45) is 0 Å². The molecular formula is C16H17BrFN. The Morgan fingerprint density at radius 1 is 1.11 bits per heavy atom. The molecule has 0 aliphatic carbocycles. The summed E-state index contributed by atoms with van der Waals surface area (Å²) in [6, 6.07) is 13.6. The van der Waals surface area contributed by atoms with E-state index in [1.807, 2.05) is 12.1 Å². The topological polar surface area (TPSA) is 3.24 Å². The largest absolute Gasteiger partial charge is 0.367 e. The first-order valence-electron chi connectivity index (χ1n) is 6.35. The molecule has 0 unspecified atom stereocenters. The third-order valence-corrected chi connectivity index (χ3v) is 3.75. The fraction of sp³-hybridized carbons (Fsp3) is 0.250. The lowest BCUT2D eigenvalue weighted by molar-refractivity contribution is 0.620. The second-order valence-corrected chi connectivity index (χ2v) is 5.45. The predicted molar refractivity (Wildman–Crippen MR) is 82.0 cm³/mol. The van der Waals surface area contributed by atoms with Crippen LogP contribution in [0.15, 0.2) is 46.9 Å². The molecule has 0 bridgehead atoms. The molecule has 0 N–H and O–H groups in total. The minimum absolute atomic E-state index is 0.220. The Balaban J connectivity index is 2.18. The monoisotopic (exact) mass is 321 g/mol. The minimum atomic E-state index is -0.220. The van der Waals surface area contributed by atoms with E-state index in [9.17, 15) is 4.39 Å². The molecular weight excluding hydrogens is 305 g/mol. The van der Waals surface area contributed by atoms with Gasteiger partial charge in [0.2, 0.25) is 0 Å². The Labute approximate surface area is 122 Å². The highest BCUT2D eigenvalue weighted by molar-refractivity contribution is 9.10. The van der Waals surface area contributed by atoms with E-state index in [1.165, 1.54) is 17.3 Å². The van der Waals surface area contributed by atoms with Crippen LogP contribution in [-0.4, -0.2) is 6.54 Å². The van der Waals surface area contributed by atoms with Crippen LogP contribution in [0.5, 0.6) is 0 Å². The summed E-state index contributed by atoms with van der Waals surface area (Å²) in [4.78, 5) is 2.26. The standard InChI is InChI=1S/C16H17BrFN/c1-3-19(14-7-4-12(2)5-8-14)11-13-6-9-16(18)15(17)10-13/h4-10H,3,11H2,1-2H3. The number of halogens is 2. The third kappa shape index (κ3) is 3.57. The maximum Gasteiger partial charge on any atom is 0.137 e. The molecule has 0 spiro atoms. The molecule has 1 nitrogen and oxygen atoms in total. The van der Waals surface area contributed by atoms with Crippen molar-refractivity contribution in [3.63, 3.8) is 0 Å². The highest BCUT2D eigenvalue weighted by atomic mass is 79.9. The van der Waals surface area contributed by atoms with Crippen molar-refractivity contribution in [1.29, 1.82) is 0 Å². The Kier molecular flexibility index (Phi) is 4.59. The van der Waals surface area contributed by atoms with Gasteiger partial charge in [-0.2, -0.15) is 0 Å². The summed E-state index contributed by atoms with van der Waals surface area (Å²) in [6.07, 6.45) is 0. The summed E-state index contributed by atoms with van der Waals surface area (Å²) < 4.78 is 13.7. The fourth-order valence-electron chi connectivity index (χ4n) is 2.00. The van der Waals surface area contributed by atoms with Crippen molar-refractivity contribution in [2.75, 3.05) is 11.4 Å². The van der Waals surface area contributed by atoms with Gasteiger partial charge in [0.15, 0.2) is 0 Å². The van der Waals surface area contributed by atoms with Crippen LogP contribution in [0.25, 0.3) is 0 Å². The lowest BCUT2D eigenvalue weighted by atomic mass is 10.1. The molecule has 0 saturated carbocycles. The number of rotatable bonds is 4. The molecule has 0 aliphatic heterocycles. The zero-order valence-electron chi connectivity index (χ0n) is 11.2. The Morgan fingerprint density at radius 2 is 1.79 bits per heavy atom. The van der Waals surface area contributed by atoms with Gasteiger partial charge < -0.3 is 4.90 Å². The normalized spacial score (nSPS) is 10.5. The highest BCUT2D eigenvalue weighted by Crippen LogP contribution is 2.21. The number of hydrogen-bond acceptors (Lipinski definition) is 1. The predicted octanol–water partition coefficient (Wildman–Crippen LogP) is 4.92. The second kappa shape index (κ2) is 6.20. The Hall–Kier alpha value is -1.35. The maximum absolute atomic E-state index is 13.2. The van der Waals surface area contributed by atoms with Crippen molar-refractivity contribution in [1.82, 2.24) is 0 Å². The highest BCUT2D eigenvalue weighted by Gasteiger charge is 2.07. The van der Waals surface area contributed by atoms with Gasteiger partial charge in [0.05, 0.1) is 4.47 Å². The van der Waals surface area contributed by atoms with E-state index in [-0.39, 0.29) is 5.82 Å². The van der Waals surface area contributed by atoms with Crippen LogP contribution in [0.1, 0.15) is 18.1 Å². The quantitative estimate of drug-likeness (QED) is 0.772. The lowest BCUT2D eigenvalue weighted by Gasteiger charge is -2.23. The molecule has 2 aromatic carbocycles. The molecule has 0 aliphatic rings. The number of aryl methyl sites for hydroxylation is 1. The average Bonchev–Trinajstić information content (AvgIpc) is 2.41. The van der Waals surface area contributed by atoms with Crippen LogP contribution in [-0.2, 0) is 6.54 Å². The van der Waals surface area contributed by atoms with Crippen molar-refractivity contribution >= 4 is 21.6 Å². The summed E-state index contributed by atoms with van der Waals surface area (Å²) in [5, 5.41) is 0. The number of nitrogens with zero attached hydrogens (tertiary/aromatic N) is 1. The van der Waals surface area contributed by atoms with Crippen LogP contribution in [0.4, 0.5) is 10.1 Å².